The third-order valence-corrected chi connectivity index (χ3v) is 2.35. The molecule has 0 heterocycles. The van der Waals surface area contributed by atoms with Crippen LogP contribution in [-0.2, 0) is 6.54 Å². The zero-order valence-electron chi connectivity index (χ0n) is 9.46. The second kappa shape index (κ2) is 5.46. The van der Waals surface area contributed by atoms with Crippen LogP contribution in [0.3, 0.4) is 0 Å². The number of hydrogen-bond donors (Lipinski definition) is 2. The van der Waals surface area contributed by atoms with Gasteiger partial charge in [-0.15, -0.1) is 0 Å². The Kier molecular flexibility index (Phi) is 4.25. The summed E-state index contributed by atoms with van der Waals surface area (Å²) in [5.41, 5.74) is 6.60. The molecular formula is C11H16FN3O. The lowest BCUT2D eigenvalue weighted by atomic mass is 10.1. The number of rotatable bonds is 3. The van der Waals surface area contributed by atoms with Crippen LogP contribution in [0.5, 0.6) is 0 Å². The van der Waals surface area contributed by atoms with Crippen molar-refractivity contribution in [1.29, 1.82) is 0 Å². The number of nitrogens with zero attached hydrogens (tertiary/aromatic N) is 1. The Balaban J connectivity index is 2.84. The fraction of sp³-hybridized carbons (Fsp3) is 0.364. The van der Waals surface area contributed by atoms with Crippen molar-refractivity contribution >= 4 is 11.7 Å². The average molecular weight is 225 g/mol. The molecule has 0 aliphatic heterocycles. The minimum absolute atomic E-state index is 0.184. The van der Waals surface area contributed by atoms with E-state index in [-0.39, 0.29) is 18.4 Å². The molecule has 0 saturated heterocycles. The molecule has 0 saturated carbocycles. The number of anilines is 1. The number of halogens is 1. The highest BCUT2D eigenvalue weighted by atomic mass is 19.1. The number of carbonyl (C=O) groups excluding carboxylic acids is 1. The van der Waals surface area contributed by atoms with E-state index in [9.17, 15) is 9.18 Å². The summed E-state index contributed by atoms with van der Waals surface area (Å²) < 4.78 is 12.9. The Morgan fingerprint density at radius 1 is 1.56 bits per heavy atom. The number of benzene rings is 1. The van der Waals surface area contributed by atoms with E-state index in [1.54, 1.807) is 7.05 Å². The first-order valence-corrected chi connectivity index (χ1v) is 5.09. The summed E-state index contributed by atoms with van der Waals surface area (Å²) in [4.78, 5) is 13.1. The summed E-state index contributed by atoms with van der Waals surface area (Å²) in [5.74, 6) is -0.359. The van der Waals surface area contributed by atoms with Gasteiger partial charge in [0.15, 0.2) is 0 Å². The van der Waals surface area contributed by atoms with Crippen LogP contribution in [0.1, 0.15) is 12.5 Å². The molecule has 0 aliphatic carbocycles. The van der Waals surface area contributed by atoms with Crippen molar-refractivity contribution in [3.8, 4) is 0 Å². The van der Waals surface area contributed by atoms with Gasteiger partial charge in [-0.2, -0.15) is 0 Å². The van der Waals surface area contributed by atoms with Crippen LogP contribution >= 0.6 is 0 Å². The van der Waals surface area contributed by atoms with Gasteiger partial charge in [0.1, 0.15) is 5.82 Å². The third kappa shape index (κ3) is 2.93. The first kappa shape index (κ1) is 12.4. The minimum Gasteiger partial charge on any atom is -0.328 e. The normalized spacial score (nSPS) is 10.0. The fourth-order valence-corrected chi connectivity index (χ4v) is 1.21. The van der Waals surface area contributed by atoms with E-state index in [0.29, 0.717) is 17.8 Å². The number of hydrogen-bond acceptors (Lipinski definition) is 2. The smallest absolute Gasteiger partial charge is 0.321 e. The average Bonchev–Trinajstić information content (AvgIpc) is 2.30. The van der Waals surface area contributed by atoms with E-state index in [1.165, 1.54) is 23.1 Å². The summed E-state index contributed by atoms with van der Waals surface area (Å²) in [5, 5.41) is 2.68. The molecule has 0 atom stereocenters. The van der Waals surface area contributed by atoms with Crippen LogP contribution in [-0.4, -0.2) is 24.5 Å². The molecule has 0 unspecified atom stereocenters. The lowest BCUT2D eigenvalue weighted by Crippen LogP contribution is -2.31. The van der Waals surface area contributed by atoms with Crippen LogP contribution in [0.2, 0.25) is 0 Å². The second-order valence-electron chi connectivity index (χ2n) is 3.45. The molecule has 4 nitrogen and oxygen atoms in total. The summed E-state index contributed by atoms with van der Waals surface area (Å²) in [6.07, 6.45) is 0. The van der Waals surface area contributed by atoms with E-state index < -0.39 is 0 Å². The molecule has 5 heteroatoms. The van der Waals surface area contributed by atoms with Crippen molar-refractivity contribution in [3.05, 3.63) is 29.6 Å². The SMILES string of the molecule is CCN(C)C(=O)Nc1ccc(F)cc1CN. The molecule has 1 aromatic rings. The summed E-state index contributed by atoms with van der Waals surface area (Å²) in [6.45, 7) is 2.66. The van der Waals surface area contributed by atoms with E-state index in [2.05, 4.69) is 5.32 Å². The Hall–Kier alpha value is -1.62. The van der Waals surface area contributed by atoms with Crippen LogP contribution < -0.4 is 11.1 Å². The van der Waals surface area contributed by atoms with Gasteiger partial charge in [-0.05, 0) is 30.7 Å². The van der Waals surface area contributed by atoms with Crippen molar-refractivity contribution in [2.75, 3.05) is 18.9 Å². The molecule has 1 rings (SSSR count). The molecule has 3 N–H and O–H groups in total. The van der Waals surface area contributed by atoms with Gasteiger partial charge in [0.2, 0.25) is 0 Å². The molecule has 0 aromatic heterocycles. The molecule has 0 radical (unpaired) electrons. The van der Waals surface area contributed by atoms with Crippen molar-refractivity contribution < 1.29 is 9.18 Å². The molecule has 16 heavy (non-hydrogen) atoms. The van der Waals surface area contributed by atoms with Crippen LogP contribution in [0.15, 0.2) is 18.2 Å². The topological polar surface area (TPSA) is 58.4 Å². The fourth-order valence-electron chi connectivity index (χ4n) is 1.21. The van der Waals surface area contributed by atoms with Gasteiger partial charge in [0.05, 0.1) is 0 Å². The number of carbonyl (C=O) groups is 1. The van der Waals surface area contributed by atoms with Gasteiger partial charge in [-0.3, -0.25) is 0 Å². The van der Waals surface area contributed by atoms with Crippen molar-refractivity contribution in [3.63, 3.8) is 0 Å². The molecule has 1 aromatic carbocycles. The van der Waals surface area contributed by atoms with Crippen LogP contribution in [0.4, 0.5) is 14.9 Å². The van der Waals surface area contributed by atoms with Crippen molar-refractivity contribution in [2.24, 2.45) is 5.73 Å². The van der Waals surface area contributed by atoms with Gasteiger partial charge >= 0.3 is 6.03 Å². The maximum atomic E-state index is 12.9. The lowest BCUT2D eigenvalue weighted by Gasteiger charge is -2.17. The molecule has 2 amide bonds. The predicted molar refractivity (Wildman–Crippen MR) is 61.6 cm³/mol. The Bertz CT molecular complexity index is 381. The first-order valence-electron chi connectivity index (χ1n) is 5.09. The molecular weight excluding hydrogens is 209 g/mol. The summed E-state index contributed by atoms with van der Waals surface area (Å²) in [7, 11) is 1.68. The van der Waals surface area contributed by atoms with E-state index in [0.717, 1.165) is 0 Å². The van der Waals surface area contributed by atoms with Crippen molar-refractivity contribution in [1.82, 2.24) is 4.90 Å². The number of nitrogens with one attached hydrogen (secondary N) is 1. The number of nitrogens with two attached hydrogens (primary N) is 1. The highest BCUT2D eigenvalue weighted by Gasteiger charge is 2.09. The quantitative estimate of drug-likeness (QED) is 0.823. The molecule has 88 valence electrons. The predicted octanol–water partition coefficient (Wildman–Crippen LogP) is 1.77. The maximum Gasteiger partial charge on any atom is 0.321 e. The number of amides is 2. The standard InChI is InChI=1S/C11H16FN3O/c1-3-15(2)11(16)14-10-5-4-9(12)6-8(10)7-13/h4-6H,3,7,13H2,1-2H3,(H,14,16). The van der Waals surface area contributed by atoms with Gasteiger partial charge in [0.25, 0.3) is 0 Å². The van der Waals surface area contributed by atoms with E-state index in [4.69, 9.17) is 5.73 Å². The largest absolute Gasteiger partial charge is 0.328 e. The highest BCUT2D eigenvalue weighted by molar-refractivity contribution is 5.89. The maximum absolute atomic E-state index is 12.9. The van der Waals surface area contributed by atoms with Crippen molar-refractivity contribution in [2.45, 2.75) is 13.5 Å². The number of urea groups is 1. The third-order valence-electron chi connectivity index (χ3n) is 2.35. The Labute approximate surface area is 94.2 Å². The monoisotopic (exact) mass is 225 g/mol. The summed E-state index contributed by atoms with van der Waals surface area (Å²) in [6, 6.07) is 3.89. The first-order chi connectivity index (χ1) is 7.58. The molecule has 0 spiro atoms. The Morgan fingerprint density at radius 2 is 2.25 bits per heavy atom. The zero-order valence-corrected chi connectivity index (χ0v) is 9.46. The lowest BCUT2D eigenvalue weighted by molar-refractivity contribution is 0.224. The van der Waals surface area contributed by atoms with E-state index in [1.807, 2.05) is 6.92 Å². The Morgan fingerprint density at radius 3 is 2.81 bits per heavy atom. The van der Waals surface area contributed by atoms with Crippen LogP contribution in [0, 0.1) is 5.82 Å². The molecule has 0 fully saturated rings. The minimum atomic E-state index is -0.359. The zero-order chi connectivity index (χ0) is 12.1. The van der Waals surface area contributed by atoms with Gasteiger partial charge < -0.3 is 16.0 Å². The second-order valence-corrected chi connectivity index (χ2v) is 3.45. The van der Waals surface area contributed by atoms with Crippen LogP contribution in [0.25, 0.3) is 0 Å². The van der Waals surface area contributed by atoms with Gasteiger partial charge in [-0.25, -0.2) is 9.18 Å². The summed E-state index contributed by atoms with van der Waals surface area (Å²) >= 11 is 0. The van der Waals surface area contributed by atoms with Gasteiger partial charge in [-0.1, -0.05) is 0 Å². The molecule has 0 aliphatic rings. The highest BCUT2D eigenvalue weighted by Crippen LogP contribution is 2.16. The van der Waals surface area contributed by atoms with Gasteiger partial charge in [0, 0.05) is 25.8 Å². The van der Waals surface area contributed by atoms with E-state index >= 15 is 0 Å². The molecule has 0 bridgehead atoms.